The summed E-state index contributed by atoms with van der Waals surface area (Å²) in [5.74, 6) is 0. The van der Waals surface area contributed by atoms with E-state index < -0.39 is 8.25 Å². The van der Waals surface area contributed by atoms with Gasteiger partial charge < -0.3 is 4.90 Å². The third-order valence-electron chi connectivity index (χ3n) is 0.279. The predicted octanol–water partition coefficient (Wildman–Crippen LogP) is 1.23. The second kappa shape index (κ2) is 10.5. The van der Waals surface area contributed by atoms with Crippen molar-refractivity contribution in [1.29, 1.82) is 0 Å². The highest BCUT2D eigenvalue weighted by Crippen LogP contribution is 2.13. The molecule has 0 aliphatic rings. The molecule has 68 valence electrons. The number of alkyl halides is 1. The summed E-state index contributed by atoms with van der Waals surface area (Å²) in [5.41, 5.74) is 0. The molecule has 0 bridgehead atoms. The monoisotopic (exact) mass is 246 g/mol. The van der Waals surface area contributed by atoms with Crippen LogP contribution in [0.3, 0.4) is 0 Å². The van der Waals surface area contributed by atoms with Crippen molar-refractivity contribution >= 4 is 24.2 Å². The first kappa shape index (κ1) is 14.0. The molecule has 0 radical (unpaired) electrons. The van der Waals surface area contributed by atoms with E-state index in [0.29, 0.717) is 5.33 Å². The number of rotatable bonds is 3. The van der Waals surface area contributed by atoms with Gasteiger partial charge in [-0.15, -0.1) is 9.42 Å². The van der Waals surface area contributed by atoms with E-state index in [9.17, 15) is 4.57 Å². The summed E-state index contributed by atoms with van der Waals surface area (Å²) in [6.45, 7) is 0.283. The molecular weight excluding hydrogens is 233 g/mol. The van der Waals surface area contributed by atoms with E-state index in [2.05, 4.69) is 20.5 Å². The molecule has 1 N–H and O–H groups in total. The maximum Gasteiger partial charge on any atom is 0.694 e. The Hall–Kier alpha value is 0.460. The number of nitrogens with zero attached hydrogens (tertiary/aromatic N) is 1. The molecule has 0 rings (SSSR count). The average molecular weight is 247 g/mol. The maximum atomic E-state index is 9.66. The smallest absolute Gasteiger partial charge is 0.312 e. The first-order valence-corrected chi connectivity index (χ1v) is 5.21. The molecule has 0 fully saturated rings. The van der Waals surface area contributed by atoms with Gasteiger partial charge in [-0.3, -0.25) is 0 Å². The molecule has 0 aliphatic carbocycles. The molecule has 0 aliphatic heterocycles. The molecule has 1 unspecified atom stereocenters. The predicted molar refractivity (Wildman–Crippen MR) is 49.2 cm³/mol. The van der Waals surface area contributed by atoms with Gasteiger partial charge in [0.1, 0.15) is 6.61 Å². The molecule has 4 nitrogen and oxygen atoms in total. The summed E-state index contributed by atoms with van der Waals surface area (Å²) >= 11 is 3.01. The molecule has 0 aromatic heterocycles. The van der Waals surface area contributed by atoms with E-state index in [4.69, 9.17) is 4.89 Å². The fraction of sp³-hybridized carbons (Fsp3) is 1.00. The highest BCUT2D eigenvalue weighted by molar-refractivity contribution is 9.09. The van der Waals surface area contributed by atoms with Gasteiger partial charge in [-0.1, -0.05) is 15.9 Å². The van der Waals surface area contributed by atoms with Crippen LogP contribution < -0.4 is 0 Å². The topological polar surface area (TPSA) is 49.8 Å². The van der Waals surface area contributed by atoms with Crippen LogP contribution in [0.25, 0.3) is 0 Å². The number of halogens is 1. The zero-order valence-electron chi connectivity index (χ0n) is 6.95. The van der Waals surface area contributed by atoms with Gasteiger partial charge in [-0.2, -0.15) is 0 Å². The highest BCUT2D eigenvalue weighted by Gasteiger charge is 2.08. The molecule has 0 amide bonds. The summed E-state index contributed by atoms with van der Waals surface area (Å²) in [4.78, 5) is 9.95. The van der Waals surface area contributed by atoms with Crippen LogP contribution >= 0.6 is 24.2 Å². The van der Waals surface area contributed by atoms with Crippen LogP contribution in [-0.2, 0) is 9.09 Å². The number of hydrogen-bond donors (Lipinski definition) is 1. The van der Waals surface area contributed by atoms with Gasteiger partial charge in [-0.25, -0.2) is 0 Å². The zero-order valence-corrected chi connectivity index (χ0v) is 9.43. The fourth-order valence-electron chi connectivity index (χ4n) is 0.113. The summed E-state index contributed by atoms with van der Waals surface area (Å²) in [5, 5.41) is 0.592. The molecule has 6 heteroatoms. The second-order valence-corrected chi connectivity index (χ2v) is 3.63. The lowest BCUT2D eigenvalue weighted by Gasteiger charge is -1.90. The number of hydrogen-bond acceptors (Lipinski definition) is 3. The molecule has 0 saturated carbocycles. The molecule has 0 spiro atoms. The van der Waals surface area contributed by atoms with Gasteiger partial charge in [0.2, 0.25) is 0 Å². The van der Waals surface area contributed by atoms with Crippen LogP contribution in [-0.4, -0.2) is 42.9 Å². The zero-order chi connectivity index (χ0) is 9.28. The third-order valence-corrected chi connectivity index (χ3v) is 1.01. The fourth-order valence-corrected chi connectivity index (χ4v) is 0.772. The molecule has 1 atom stereocenters. The minimum Gasteiger partial charge on any atom is -0.312 e. The SMILES string of the molecule is CN(C)C.O=[P+](O)OCCBr. The van der Waals surface area contributed by atoms with Crippen LogP contribution in [0, 0.1) is 0 Å². The van der Waals surface area contributed by atoms with Crippen molar-refractivity contribution in [1.82, 2.24) is 4.90 Å². The van der Waals surface area contributed by atoms with Gasteiger partial charge in [0.15, 0.2) is 0 Å². The van der Waals surface area contributed by atoms with Crippen molar-refractivity contribution in [3.8, 4) is 0 Å². The van der Waals surface area contributed by atoms with Gasteiger partial charge >= 0.3 is 8.25 Å². The van der Waals surface area contributed by atoms with E-state index in [1.54, 1.807) is 0 Å². The van der Waals surface area contributed by atoms with Crippen molar-refractivity contribution in [2.75, 3.05) is 33.1 Å². The van der Waals surface area contributed by atoms with Crippen LogP contribution in [0.4, 0.5) is 0 Å². The molecule has 0 saturated heterocycles. The van der Waals surface area contributed by atoms with Gasteiger partial charge in [-0.05, 0) is 21.1 Å². The van der Waals surface area contributed by atoms with E-state index in [1.807, 2.05) is 26.0 Å². The molecular formula is C5H14BrNO3P+. The Morgan fingerprint density at radius 1 is 1.55 bits per heavy atom. The Kier molecular flexibility index (Phi) is 13.3. The minimum absolute atomic E-state index is 0.283. The summed E-state index contributed by atoms with van der Waals surface area (Å²) in [6.07, 6.45) is 0. The standard InChI is InChI=1S/C3H9N.C2H4BrO3P/c1-4(2)3;3-1-2-6-7(4)5/h1-3H3;1-2H2/p+1. The first-order valence-electron chi connectivity index (χ1n) is 2.96. The minimum atomic E-state index is -2.39. The van der Waals surface area contributed by atoms with Crippen LogP contribution in [0.5, 0.6) is 0 Å². The summed E-state index contributed by atoms with van der Waals surface area (Å²) < 4.78 is 13.9. The van der Waals surface area contributed by atoms with E-state index in [0.717, 1.165) is 0 Å². The quantitative estimate of drug-likeness (QED) is 0.601. The summed E-state index contributed by atoms with van der Waals surface area (Å²) in [7, 11) is 3.61. The van der Waals surface area contributed by atoms with Gasteiger partial charge in [0.25, 0.3) is 0 Å². The van der Waals surface area contributed by atoms with Crippen LogP contribution in [0.1, 0.15) is 0 Å². The van der Waals surface area contributed by atoms with Gasteiger partial charge in [0.05, 0.1) is 0 Å². The first-order chi connectivity index (χ1) is 5.00. The summed E-state index contributed by atoms with van der Waals surface area (Å²) in [6, 6.07) is 0. The average Bonchev–Trinajstić information content (AvgIpc) is 1.82. The van der Waals surface area contributed by atoms with Crippen molar-refractivity contribution < 1.29 is 14.0 Å². The highest BCUT2D eigenvalue weighted by atomic mass is 79.9. The molecule has 11 heavy (non-hydrogen) atoms. The van der Waals surface area contributed by atoms with Crippen molar-refractivity contribution in [3.05, 3.63) is 0 Å². The Morgan fingerprint density at radius 2 is 1.91 bits per heavy atom. The molecule has 0 aromatic rings. The van der Waals surface area contributed by atoms with E-state index in [1.165, 1.54) is 0 Å². The second-order valence-electron chi connectivity index (χ2n) is 2.10. The Bertz CT molecular complexity index is 99.0. The van der Waals surface area contributed by atoms with Crippen molar-refractivity contribution in [3.63, 3.8) is 0 Å². The Labute approximate surface area is 76.6 Å². The Balaban J connectivity index is 0. The lowest BCUT2D eigenvalue weighted by molar-refractivity contribution is 0.301. The Morgan fingerprint density at radius 3 is 2.00 bits per heavy atom. The van der Waals surface area contributed by atoms with E-state index >= 15 is 0 Å². The van der Waals surface area contributed by atoms with Gasteiger partial charge in [0, 0.05) is 9.90 Å². The largest absolute Gasteiger partial charge is 0.694 e. The van der Waals surface area contributed by atoms with Crippen molar-refractivity contribution in [2.24, 2.45) is 0 Å². The molecule has 0 aromatic carbocycles. The molecule has 0 heterocycles. The lowest BCUT2D eigenvalue weighted by Crippen LogP contribution is -1.99. The third kappa shape index (κ3) is 37.6. The maximum absolute atomic E-state index is 9.66. The van der Waals surface area contributed by atoms with E-state index in [-0.39, 0.29) is 6.61 Å². The normalized spacial score (nSPS) is 10.5. The van der Waals surface area contributed by atoms with Crippen LogP contribution in [0.15, 0.2) is 0 Å². The van der Waals surface area contributed by atoms with Crippen molar-refractivity contribution in [2.45, 2.75) is 0 Å². The lowest BCUT2D eigenvalue weighted by atomic mass is 10.9. The van der Waals surface area contributed by atoms with Crippen LogP contribution in [0.2, 0.25) is 0 Å².